The largest absolute Gasteiger partial charge is 0.456 e. The lowest BCUT2D eigenvalue weighted by Crippen LogP contribution is -2.00. The van der Waals surface area contributed by atoms with E-state index < -0.39 is 125 Å². The van der Waals surface area contributed by atoms with E-state index in [9.17, 15) is 6.85 Å². The average molecular weight is 657 g/mol. The summed E-state index contributed by atoms with van der Waals surface area (Å²) in [5.74, 6) is -0.0762. The minimum atomic E-state index is -0.885. The van der Waals surface area contributed by atoms with E-state index in [1.165, 1.54) is 0 Å². The summed E-state index contributed by atoms with van der Waals surface area (Å²) in [4.78, 5) is 14.2. The fourth-order valence-corrected chi connectivity index (χ4v) is 5.99. The Morgan fingerprint density at radius 3 is 2.02 bits per heavy atom. The molecule has 3 heterocycles. The van der Waals surface area contributed by atoms with Crippen LogP contribution >= 0.6 is 0 Å². The van der Waals surface area contributed by atoms with Crippen molar-refractivity contribution in [3.05, 3.63) is 169 Å². The Hall–Kier alpha value is -6.85. The van der Waals surface area contributed by atoms with Crippen LogP contribution in [0.3, 0.4) is 0 Å². The summed E-state index contributed by atoms with van der Waals surface area (Å²) in [6.45, 7) is 0. The van der Waals surface area contributed by atoms with Crippen LogP contribution < -0.4 is 0 Å². The Balaban J connectivity index is 1.35. The molecule has 0 fully saturated rings. The SMILES string of the molecule is [2H]c1c([2H])c([2H])c(-c2c([2H])c([2H])c([2H])c(-n3c4c([2H])c([2H])c([2H])c([2H])c4c4c([2H])c([2H])c(-c5nc(-c6ccccc6)nc(-c6ccc7c(c6)oc6ccccc67)n5)c([2H])c43)c2[2H])c([2H])c1[2H]. The molecule has 0 spiro atoms. The number of hydrogen-bond donors (Lipinski definition) is 0. The van der Waals surface area contributed by atoms with Crippen molar-refractivity contribution in [2.75, 3.05) is 0 Å². The van der Waals surface area contributed by atoms with Crippen LogP contribution in [0.1, 0.15) is 21.9 Å². The summed E-state index contributed by atoms with van der Waals surface area (Å²) in [7, 11) is 0. The van der Waals surface area contributed by atoms with E-state index in [-0.39, 0.29) is 33.8 Å². The number of fused-ring (bicyclic) bond motifs is 6. The zero-order chi connectivity index (χ0) is 46.9. The highest BCUT2D eigenvalue weighted by atomic mass is 16.3. The molecule has 0 saturated carbocycles. The van der Waals surface area contributed by atoms with Crippen molar-refractivity contribution in [3.63, 3.8) is 0 Å². The number of hydrogen-bond acceptors (Lipinski definition) is 4. The predicted octanol–water partition coefficient (Wildman–Crippen LogP) is 11.5. The number of benzene rings is 7. The molecule has 0 aliphatic rings. The van der Waals surface area contributed by atoms with Crippen LogP contribution in [0, 0.1) is 0 Å². The van der Waals surface area contributed by atoms with Gasteiger partial charge in [-0.2, -0.15) is 0 Å². The molecule has 0 atom stereocenters. The summed E-state index contributed by atoms with van der Waals surface area (Å²) in [5.41, 5.74) is -1.07. The second-order valence-electron chi connectivity index (χ2n) is 11.2. The number of rotatable bonds is 5. The molecular formula is C45H28N4O. The Morgan fingerprint density at radius 1 is 0.440 bits per heavy atom. The van der Waals surface area contributed by atoms with Gasteiger partial charge in [0.2, 0.25) is 0 Å². The zero-order valence-electron chi connectivity index (χ0n) is 41.6. The van der Waals surface area contributed by atoms with Gasteiger partial charge in [-0.1, -0.05) is 127 Å². The van der Waals surface area contributed by atoms with Crippen molar-refractivity contribution in [1.82, 2.24) is 19.5 Å². The summed E-state index contributed by atoms with van der Waals surface area (Å²) in [6.07, 6.45) is 0. The van der Waals surface area contributed by atoms with Crippen LogP contribution in [-0.2, 0) is 0 Å². The first-order chi connectivity index (χ1) is 31.4. The Kier molecular flexibility index (Phi) is 3.76. The lowest BCUT2D eigenvalue weighted by molar-refractivity contribution is 0.669. The summed E-state index contributed by atoms with van der Waals surface area (Å²) in [5, 5.41) is 0.994. The molecule has 10 rings (SSSR count). The third-order valence-electron chi connectivity index (χ3n) is 8.27. The minimum absolute atomic E-state index is 0.0850. The molecule has 234 valence electrons. The van der Waals surface area contributed by atoms with Crippen LogP contribution in [0.2, 0.25) is 0 Å². The standard InChI is InChI=1S/C45H28N4O/c1-3-12-29(13-4-1)31-16-11-17-34(26-31)49-39-20-9-7-18-35(39)36-24-22-32(27-40(36)49)44-46-43(30-14-5-2-6-15-30)47-45(48-44)33-23-25-38-37-19-8-10-21-41(37)50-42(38)28-33/h1-28H/i1D,3D,4D,7D,9D,11D,12D,13D,16D,17D,18D,20D,22D,24D,26D,27D. The molecule has 0 aliphatic carbocycles. The van der Waals surface area contributed by atoms with Gasteiger partial charge in [-0.3, -0.25) is 0 Å². The maximum Gasteiger partial charge on any atom is 0.164 e. The van der Waals surface area contributed by atoms with E-state index >= 15 is 0 Å². The first kappa shape index (κ1) is 16.5. The third kappa shape index (κ3) is 4.67. The molecule has 0 saturated heterocycles. The monoisotopic (exact) mass is 656 g/mol. The van der Waals surface area contributed by atoms with Crippen LogP contribution in [0.25, 0.3) is 94.7 Å². The summed E-state index contributed by atoms with van der Waals surface area (Å²) < 4.78 is 150. The lowest BCUT2D eigenvalue weighted by Gasteiger charge is -2.12. The van der Waals surface area contributed by atoms with Crippen molar-refractivity contribution >= 4 is 43.7 Å². The van der Waals surface area contributed by atoms with Gasteiger partial charge in [0, 0.05) is 43.9 Å². The first-order valence-corrected chi connectivity index (χ1v) is 15.4. The lowest BCUT2D eigenvalue weighted by atomic mass is 10.1. The molecule has 10 aromatic rings. The molecule has 0 aliphatic heterocycles. The van der Waals surface area contributed by atoms with Crippen LogP contribution in [0.15, 0.2) is 174 Å². The number of para-hydroxylation sites is 2. The van der Waals surface area contributed by atoms with Crippen molar-refractivity contribution in [2.45, 2.75) is 0 Å². The maximum atomic E-state index is 9.92. The van der Waals surface area contributed by atoms with E-state index in [1.54, 1.807) is 42.5 Å². The van der Waals surface area contributed by atoms with Gasteiger partial charge in [0.05, 0.1) is 33.0 Å². The summed E-state index contributed by atoms with van der Waals surface area (Å²) in [6, 6.07) is 9.35. The highest BCUT2D eigenvalue weighted by molar-refractivity contribution is 6.10. The van der Waals surface area contributed by atoms with E-state index in [0.29, 0.717) is 22.3 Å². The smallest absolute Gasteiger partial charge is 0.164 e. The van der Waals surface area contributed by atoms with Gasteiger partial charge in [0.25, 0.3) is 0 Å². The number of furan rings is 1. The molecule has 50 heavy (non-hydrogen) atoms. The van der Waals surface area contributed by atoms with Gasteiger partial charge >= 0.3 is 0 Å². The molecule has 5 heteroatoms. The Morgan fingerprint density at radius 2 is 1.14 bits per heavy atom. The molecule has 3 aromatic heterocycles. The molecular weight excluding hydrogens is 613 g/mol. The molecule has 0 radical (unpaired) electrons. The third-order valence-corrected chi connectivity index (χ3v) is 8.27. The molecule has 5 nitrogen and oxygen atoms in total. The van der Waals surface area contributed by atoms with Crippen molar-refractivity contribution in [3.8, 4) is 51.0 Å². The topological polar surface area (TPSA) is 56.7 Å². The van der Waals surface area contributed by atoms with Crippen molar-refractivity contribution < 1.29 is 26.3 Å². The highest BCUT2D eigenvalue weighted by Crippen LogP contribution is 2.37. The molecule has 7 aromatic carbocycles. The number of nitrogens with zero attached hydrogens (tertiary/aromatic N) is 4. The molecule has 0 amide bonds. The van der Waals surface area contributed by atoms with Crippen LogP contribution in [0.4, 0.5) is 0 Å². The van der Waals surface area contributed by atoms with Crippen molar-refractivity contribution in [2.24, 2.45) is 0 Å². The van der Waals surface area contributed by atoms with Gasteiger partial charge in [0.1, 0.15) is 11.2 Å². The quantitative estimate of drug-likeness (QED) is 0.185. The zero-order valence-corrected chi connectivity index (χ0v) is 25.6. The van der Waals surface area contributed by atoms with E-state index in [4.69, 9.17) is 34.4 Å². The molecule has 0 N–H and O–H groups in total. The Labute approximate surface area is 310 Å². The van der Waals surface area contributed by atoms with Gasteiger partial charge in [0.15, 0.2) is 17.5 Å². The van der Waals surface area contributed by atoms with E-state index in [1.807, 2.05) is 30.3 Å². The van der Waals surface area contributed by atoms with E-state index in [2.05, 4.69) is 0 Å². The fraction of sp³-hybridized carbons (Fsp3) is 0. The van der Waals surface area contributed by atoms with Crippen LogP contribution in [0.5, 0.6) is 0 Å². The van der Waals surface area contributed by atoms with E-state index in [0.717, 1.165) is 15.3 Å². The van der Waals surface area contributed by atoms with Crippen molar-refractivity contribution in [1.29, 1.82) is 0 Å². The maximum absolute atomic E-state index is 9.92. The number of aromatic nitrogens is 4. The normalized spacial score (nSPS) is 16.1. The van der Waals surface area contributed by atoms with Gasteiger partial charge < -0.3 is 8.98 Å². The summed E-state index contributed by atoms with van der Waals surface area (Å²) >= 11 is 0. The average Bonchev–Trinajstić information content (AvgIpc) is 3.88. The van der Waals surface area contributed by atoms with Gasteiger partial charge in [-0.25, -0.2) is 15.0 Å². The first-order valence-electron chi connectivity index (χ1n) is 23.4. The highest BCUT2D eigenvalue weighted by Gasteiger charge is 2.18. The second kappa shape index (κ2) is 11.4. The predicted molar refractivity (Wildman–Crippen MR) is 203 cm³/mol. The minimum Gasteiger partial charge on any atom is -0.456 e. The molecule has 0 unspecified atom stereocenters. The fourth-order valence-electron chi connectivity index (χ4n) is 5.99. The Bertz CT molecular complexity index is 3770. The molecule has 0 bridgehead atoms. The van der Waals surface area contributed by atoms with Crippen LogP contribution in [-0.4, -0.2) is 19.5 Å². The van der Waals surface area contributed by atoms with Gasteiger partial charge in [-0.15, -0.1) is 0 Å². The van der Waals surface area contributed by atoms with Gasteiger partial charge in [-0.05, 0) is 53.5 Å². The second-order valence-corrected chi connectivity index (χ2v) is 11.2.